The predicted octanol–water partition coefficient (Wildman–Crippen LogP) is 2.76. The average Bonchev–Trinajstić information content (AvgIpc) is 2.98. The van der Waals surface area contributed by atoms with E-state index in [0.717, 1.165) is 17.1 Å². The van der Waals surface area contributed by atoms with E-state index in [1.807, 2.05) is 49.9 Å². The molecule has 6 nitrogen and oxygen atoms in total. The molecule has 6 heteroatoms. The number of ether oxygens (including phenoxy) is 1. The Bertz CT molecular complexity index is 688. The highest BCUT2D eigenvalue weighted by Gasteiger charge is 2.35. The molecule has 1 aromatic carbocycles. The molecule has 24 heavy (non-hydrogen) atoms. The van der Waals surface area contributed by atoms with Crippen LogP contribution in [0.5, 0.6) is 5.75 Å². The molecule has 3 rings (SSSR count). The number of benzene rings is 1. The lowest BCUT2D eigenvalue weighted by Crippen LogP contribution is -2.49. The van der Waals surface area contributed by atoms with Crippen LogP contribution in [0.1, 0.15) is 49.9 Å². The molecule has 128 valence electrons. The summed E-state index contributed by atoms with van der Waals surface area (Å²) >= 11 is 0. The number of carbonyl (C=O) groups excluding carboxylic acids is 1. The van der Waals surface area contributed by atoms with Gasteiger partial charge in [0.2, 0.25) is 11.8 Å². The largest absolute Gasteiger partial charge is 0.494 e. The molecule has 1 aromatic heterocycles. The van der Waals surface area contributed by atoms with Gasteiger partial charge in [0.1, 0.15) is 5.75 Å². The summed E-state index contributed by atoms with van der Waals surface area (Å²) in [6.07, 6.45) is 0.403. The minimum atomic E-state index is 0.124. The number of rotatable bonds is 6. The Morgan fingerprint density at radius 1 is 1.33 bits per heavy atom. The summed E-state index contributed by atoms with van der Waals surface area (Å²) in [5, 5.41) is 3.98. The lowest BCUT2D eigenvalue weighted by atomic mass is 9.98. The molecule has 0 atom stereocenters. The summed E-state index contributed by atoms with van der Waals surface area (Å²) in [5.74, 6) is 2.73. The quantitative estimate of drug-likeness (QED) is 0.815. The van der Waals surface area contributed by atoms with Crippen molar-refractivity contribution in [3.05, 3.63) is 41.5 Å². The molecule has 2 aromatic rings. The second-order valence-corrected chi connectivity index (χ2v) is 6.39. The highest BCUT2D eigenvalue weighted by molar-refractivity contribution is 5.79. The molecule has 1 aliphatic heterocycles. The molecule has 2 heterocycles. The lowest BCUT2D eigenvalue weighted by Gasteiger charge is -2.37. The number of likely N-dealkylation sites (tertiary alicyclic amines) is 1. The molecule has 0 N–H and O–H groups in total. The maximum atomic E-state index is 12.3. The Balaban J connectivity index is 1.50. The van der Waals surface area contributed by atoms with E-state index in [-0.39, 0.29) is 17.7 Å². The van der Waals surface area contributed by atoms with Crippen LogP contribution in [0.25, 0.3) is 0 Å². The van der Waals surface area contributed by atoms with E-state index in [9.17, 15) is 4.79 Å². The number of amides is 1. The summed E-state index contributed by atoms with van der Waals surface area (Å²) in [7, 11) is 0. The number of nitrogens with zero attached hydrogens (tertiary/aromatic N) is 3. The third-order valence-corrected chi connectivity index (χ3v) is 4.15. The summed E-state index contributed by atoms with van der Waals surface area (Å²) in [6.45, 7) is 7.95. The average molecular weight is 329 g/mol. The van der Waals surface area contributed by atoms with Crippen LogP contribution in [-0.4, -0.2) is 40.6 Å². The molecule has 0 radical (unpaired) electrons. The van der Waals surface area contributed by atoms with Crippen molar-refractivity contribution in [2.45, 2.75) is 39.0 Å². The Morgan fingerprint density at radius 2 is 2.04 bits per heavy atom. The second-order valence-electron chi connectivity index (χ2n) is 6.39. The molecule has 1 fully saturated rings. The van der Waals surface area contributed by atoms with Gasteiger partial charge < -0.3 is 14.2 Å². The van der Waals surface area contributed by atoms with E-state index < -0.39 is 0 Å². The summed E-state index contributed by atoms with van der Waals surface area (Å²) in [4.78, 5) is 18.6. The normalized spacial score (nSPS) is 14.8. The van der Waals surface area contributed by atoms with Crippen molar-refractivity contribution in [2.75, 3.05) is 19.7 Å². The van der Waals surface area contributed by atoms with Gasteiger partial charge in [-0.05, 0) is 24.6 Å². The third kappa shape index (κ3) is 3.58. The van der Waals surface area contributed by atoms with E-state index >= 15 is 0 Å². The molecule has 0 spiro atoms. The van der Waals surface area contributed by atoms with Gasteiger partial charge in [-0.1, -0.05) is 31.1 Å². The van der Waals surface area contributed by atoms with Gasteiger partial charge in [-0.2, -0.15) is 4.98 Å². The minimum Gasteiger partial charge on any atom is -0.494 e. The maximum absolute atomic E-state index is 12.3. The smallest absolute Gasteiger partial charge is 0.233 e. The van der Waals surface area contributed by atoms with Crippen LogP contribution in [0.3, 0.4) is 0 Å². The minimum absolute atomic E-state index is 0.124. The first-order valence-electron chi connectivity index (χ1n) is 8.39. The summed E-state index contributed by atoms with van der Waals surface area (Å²) < 4.78 is 10.7. The number of hydrogen-bond donors (Lipinski definition) is 0. The second kappa shape index (κ2) is 7.03. The zero-order chi connectivity index (χ0) is 17.1. The first-order chi connectivity index (χ1) is 11.6. The van der Waals surface area contributed by atoms with Crippen LogP contribution in [0.4, 0.5) is 0 Å². The van der Waals surface area contributed by atoms with Gasteiger partial charge in [-0.3, -0.25) is 4.79 Å². The van der Waals surface area contributed by atoms with E-state index in [1.54, 1.807) is 0 Å². The van der Waals surface area contributed by atoms with Crippen LogP contribution in [0.2, 0.25) is 0 Å². The SMILES string of the molecule is CCOc1ccc(CC(=O)N2CC(c3nc(C(C)C)no3)C2)cc1. The van der Waals surface area contributed by atoms with Gasteiger partial charge in [0, 0.05) is 19.0 Å². The summed E-state index contributed by atoms with van der Waals surface area (Å²) in [5.41, 5.74) is 0.992. The van der Waals surface area contributed by atoms with Crippen LogP contribution in [-0.2, 0) is 11.2 Å². The number of aromatic nitrogens is 2. The van der Waals surface area contributed by atoms with Gasteiger partial charge in [0.15, 0.2) is 5.82 Å². The molecule has 0 saturated carbocycles. The standard InChI is InChI=1S/C18H23N3O3/c1-4-23-15-7-5-13(6-8-15)9-16(22)21-10-14(11-21)18-19-17(12(2)3)20-24-18/h5-8,12,14H,4,9-11H2,1-3H3. The fourth-order valence-corrected chi connectivity index (χ4v) is 2.64. The zero-order valence-electron chi connectivity index (χ0n) is 14.4. The molecule has 0 bridgehead atoms. The first-order valence-corrected chi connectivity index (χ1v) is 8.39. The fraction of sp³-hybridized carbons (Fsp3) is 0.500. The highest BCUT2D eigenvalue weighted by atomic mass is 16.5. The van der Waals surface area contributed by atoms with Crippen molar-refractivity contribution in [3.63, 3.8) is 0 Å². The highest BCUT2D eigenvalue weighted by Crippen LogP contribution is 2.27. The summed E-state index contributed by atoms with van der Waals surface area (Å²) in [6, 6.07) is 7.67. The molecular weight excluding hydrogens is 306 g/mol. The predicted molar refractivity (Wildman–Crippen MR) is 89.0 cm³/mol. The molecular formula is C18H23N3O3. The van der Waals surface area contributed by atoms with Crippen LogP contribution >= 0.6 is 0 Å². The first kappa shape index (κ1) is 16.5. The van der Waals surface area contributed by atoms with Crippen molar-refractivity contribution in [1.82, 2.24) is 15.0 Å². The maximum Gasteiger partial charge on any atom is 0.233 e. The van der Waals surface area contributed by atoms with E-state index in [1.165, 1.54) is 0 Å². The monoisotopic (exact) mass is 329 g/mol. The molecule has 0 aliphatic carbocycles. The zero-order valence-corrected chi connectivity index (χ0v) is 14.4. The molecule has 1 saturated heterocycles. The topological polar surface area (TPSA) is 68.5 Å². The third-order valence-electron chi connectivity index (χ3n) is 4.15. The van der Waals surface area contributed by atoms with E-state index in [2.05, 4.69) is 10.1 Å². The molecule has 0 unspecified atom stereocenters. The number of hydrogen-bond acceptors (Lipinski definition) is 5. The molecule has 1 aliphatic rings. The van der Waals surface area contributed by atoms with Gasteiger partial charge in [-0.25, -0.2) is 0 Å². The van der Waals surface area contributed by atoms with Crippen molar-refractivity contribution >= 4 is 5.91 Å². The Hall–Kier alpha value is -2.37. The van der Waals surface area contributed by atoms with Crippen LogP contribution < -0.4 is 4.74 Å². The van der Waals surface area contributed by atoms with Crippen molar-refractivity contribution in [1.29, 1.82) is 0 Å². The Morgan fingerprint density at radius 3 is 2.62 bits per heavy atom. The molecule has 1 amide bonds. The Kier molecular flexibility index (Phi) is 4.83. The van der Waals surface area contributed by atoms with Gasteiger partial charge in [0.05, 0.1) is 18.9 Å². The van der Waals surface area contributed by atoms with Crippen LogP contribution in [0.15, 0.2) is 28.8 Å². The lowest BCUT2D eigenvalue weighted by molar-refractivity contribution is -0.135. The van der Waals surface area contributed by atoms with Crippen molar-refractivity contribution < 1.29 is 14.1 Å². The van der Waals surface area contributed by atoms with Crippen molar-refractivity contribution in [3.8, 4) is 5.75 Å². The van der Waals surface area contributed by atoms with Gasteiger partial charge >= 0.3 is 0 Å². The van der Waals surface area contributed by atoms with Gasteiger partial charge in [-0.15, -0.1) is 0 Å². The Labute approximate surface area is 141 Å². The number of carbonyl (C=O) groups is 1. The van der Waals surface area contributed by atoms with Gasteiger partial charge in [0.25, 0.3) is 0 Å². The van der Waals surface area contributed by atoms with Crippen molar-refractivity contribution in [2.24, 2.45) is 0 Å². The van der Waals surface area contributed by atoms with E-state index in [0.29, 0.717) is 32.0 Å². The fourth-order valence-electron chi connectivity index (χ4n) is 2.64. The van der Waals surface area contributed by atoms with Crippen LogP contribution in [0, 0.1) is 0 Å². The van der Waals surface area contributed by atoms with E-state index in [4.69, 9.17) is 9.26 Å².